The molecule has 25 heavy (non-hydrogen) atoms. The molecule has 6 nitrogen and oxygen atoms in total. The predicted octanol–water partition coefficient (Wildman–Crippen LogP) is 2.89. The summed E-state index contributed by atoms with van der Waals surface area (Å²) in [6.07, 6.45) is 1.42. The lowest BCUT2D eigenvalue weighted by Crippen LogP contribution is -2.24. The molecule has 3 rings (SSSR count). The molecule has 2 aromatic carbocycles. The van der Waals surface area contributed by atoms with Crippen LogP contribution < -0.4 is 15.8 Å². The Labute approximate surface area is 142 Å². The number of nitrogens with zero attached hydrogens (tertiary/aromatic N) is 1. The molecule has 0 spiro atoms. The highest BCUT2D eigenvalue weighted by atomic mass is 19.1. The van der Waals surface area contributed by atoms with E-state index in [1.165, 1.54) is 30.5 Å². The van der Waals surface area contributed by atoms with E-state index in [1.807, 2.05) is 0 Å². The van der Waals surface area contributed by atoms with Crippen molar-refractivity contribution in [2.75, 3.05) is 12.4 Å². The van der Waals surface area contributed by atoms with E-state index >= 15 is 0 Å². The van der Waals surface area contributed by atoms with Crippen LogP contribution in [0.5, 0.6) is 5.75 Å². The third kappa shape index (κ3) is 3.95. The molecule has 1 N–H and O–H groups in total. The van der Waals surface area contributed by atoms with Crippen molar-refractivity contribution in [3.63, 3.8) is 0 Å². The van der Waals surface area contributed by atoms with Crippen LogP contribution in [0.15, 0.2) is 63.9 Å². The SMILES string of the molecule is COc1ccc(NC(=O)Cn2cc(-c3ccc(F)cc3)oc2=O)cc1. The first-order chi connectivity index (χ1) is 12.0. The van der Waals surface area contributed by atoms with Crippen molar-refractivity contribution in [2.45, 2.75) is 6.54 Å². The van der Waals surface area contributed by atoms with Gasteiger partial charge in [-0.2, -0.15) is 0 Å². The van der Waals surface area contributed by atoms with E-state index in [-0.39, 0.29) is 24.0 Å². The lowest BCUT2D eigenvalue weighted by atomic mass is 10.2. The van der Waals surface area contributed by atoms with Crippen LogP contribution in [0.1, 0.15) is 0 Å². The number of halogens is 1. The summed E-state index contributed by atoms with van der Waals surface area (Å²) in [5, 5.41) is 2.68. The smallest absolute Gasteiger partial charge is 0.419 e. The highest BCUT2D eigenvalue weighted by Gasteiger charge is 2.12. The molecule has 0 unspecified atom stereocenters. The summed E-state index contributed by atoms with van der Waals surface area (Å²) in [4.78, 5) is 24.0. The number of aromatic nitrogens is 1. The Morgan fingerprint density at radius 2 is 1.84 bits per heavy atom. The Kier molecular flexibility index (Phi) is 4.65. The van der Waals surface area contributed by atoms with Gasteiger partial charge in [0.25, 0.3) is 0 Å². The molecule has 128 valence electrons. The number of oxazole rings is 1. The van der Waals surface area contributed by atoms with Gasteiger partial charge in [0.2, 0.25) is 5.91 Å². The summed E-state index contributed by atoms with van der Waals surface area (Å²) in [7, 11) is 1.55. The Hall–Kier alpha value is -3.35. The maximum Gasteiger partial charge on any atom is 0.419 e. The van der Waals surface area contributed by atoms with Gasteiger partial charge in [-0.1, -0.05) is 0 Å². The number of hydrogen-bond donors (Lipinski definition) is 1. The van der Waals surface area contributed by atoms with Crippen LogP contribution in [0.2, 0.25) is 0 Å². The fraction of sp³-hybridized carbons (Fsp3) is 0.111. The molecular weight excluding hydrogens is 327 g/mol. The van der Waals surface area contributed by atoms with E-state index in [0.29, 0.717) is 17.0 Å². The van der Waals surface area contributed by atoms with Crippen LogP contribution in [0.4, 0.5) is 10.1 Å². The first-order valence-corrected chi connectivity index (χ1v) is 7.45. The molecule has 0 fully saturated rings. The monoisotopic (exact) mass is 342 g/mol. The molecule has 7 heteroatoms. The van der Waals surface area contributed by atoms with E-state index in [4.69, 9.17) is 9.15 Å². The number of nitrogens with one attached hydrogen (secondary N) is 1. The molecule has 0 bridgehead atoms. The second-order valence-corrected chi connectivity index (χ2v) is 5.27. The number of carbonyl (C=O) groups is 1. The van der Waals surface area contributed by atoms with Gasteiger partial charge in [0.15, 0.2) is 5.76 Å². The molecule has 0 saturated carbocycles. The number of hydrogen-bond acceptors (Lipinski definition) is 4. The Bertz CT molecular complexity index is 927. The van der Waals surface area contributed by atoms with Crippen molar-refractivity contribution in [3.05, 3.63) is 71.1 Å². The van der Waals surface area contributed by atoms with Gasteiger partial charge in [-0.05, 0) is 48.5 Å². The highest BCUT2D eigenvalue weighted by Crippen LogP contribution is 2.18. The first kappa shape index (κ1) is 16.5. The average Bonchev–Trinajstić information content (AvgIpc) is 2.96. The van der Waals surface area contributed by atoms with Gasteiger partial charge in [0.1, 0.15) is 18.1 Å². The number of rotatable bonds is 5. The van der Waals surface area contributed by atoms with Crippen molar-refractivity contribution in [1.29, 1.82) is 0 Å². The fourth-order valence-electron chi connectivity index (χ4n) is 2.26. The molecule has 0 aliphatic heterocycles. The number of methoxy groups -OCH3 is 1. The normalized spacial score (nSPS) is 10.5. The zero-order chi connectivity index (χ0) is 17.8. The number of carbonyl (C=O) groups excluding carboxylic acids is 1. The summed E-state index contributed by atoms with van der Waals surface area (Å²) in [6.45, 7) is -0.199. The molecule has 0 aliphatic rings. The maximum atomic E-state index is 13.0. The molecule has 0 atom stereocenters. The van der Waals surface area contributed by atoms with Gasteiger partial charge in [-0.15, -0.1) is 0 Å². The van der Waals surface area contributed by atoms with Crippen molar-refractivity contribution < 1.29 is 18.3 Å². The van der Waals surface area contributed by atoms with Crippen molar-refractivity contribution in [2.24, 2.45) is 0 Å². The van der Waals surface area contributed by atoms with Gasteiger partial charge >= 0.3 is 5.76 Å². The van der Waals surface area contributed by atoms with Gasteiger partial charge in [-0.25, -0.2) is 9.18 Å². The second kappa shape index (κ2) is 7.04. The van der Waals surface area contributed by atoms with Gasteiger partial charge in [0.05, 0.1) is 13.3 Å². The Morgan fingerprint density at radius 3 is 2.48 bits per heavy atom. The van der Waals surface area contributed by atoms with E-state index < -0.39 is 5.76 Å². The third-order valence-corrected chi connectivity index (χ3v) is 3.52. The number of anilines is 1. The van der Waals surface area contributed by atoms with Gasteiger partial charge in [0, 0.05) is 11.3 Å². The molecule has 0 radical (unpaired) electrons. The highest BCUT2D eigenvalue weighted by molar-refractivity contribution is 5.90. The summed E-state index contributed by atoms with van der Waals surface area (Å²) < 4.78 is 24.3. The van der Waals surface area contributed by atoms with E-state index in [2.05, 4.69) is 5.32 Å². The molecule has 0 aliphatic carbocycles. The lowest BCUT2D eigenvalue weighted by molar-refractivity contribution is -0.116. The first-order valence-electron chi connectivity index (χ1n) is 7.45. The zero-order valence-corrected chi connectivity index (χ0v) is 13.4. The molecular formula is C18H15FN2O4. The van der Waals surface area contributed by atoms with Crippen LogP contribution in [0.25, 0.3) is 11.3 Å². The zero-order valence-electron chi connectivity index (χ0n) is 13.4. The van der Waals surface area contributed by atoms with E-state index in [1.54, 1.807) is 31.4 Å². The minimum absolute atomic E-state index is 0.199. The van der Waals surface area contributed by atoms with Crippen molar-refractivity contribution in [1.82, 2.24) is 4.57 Å². The number of ether oxygens (including phenoxy) is 1. The Balaban J connectivity index is 1.70. The molecule has 0 saturated heterocycles. The molecule has 1 aromatic heterocycles. The van der Waals surface area contributed by atoms with Crippen LogP contribution >= 0.6 is 0 Å². The van der Waals surface area contributed by atoms with Crippen molar-refractivity contribution >= 4 is 11.6 Å². The van der Waals surface area contributed by atoms with Crippen LogP contribution in [0.3, 0.4) is 0 Å². The van der Waals surface area contributed by atoms with E-state index in [9.17, 15) is 14.0 Å². The predicted molar refractivity (Wildman–Crippen MR) is 90.0 cm³/mol. The summed E-state index contributed by atoms with van der Waals surface area (Å²) in [6, 6.07) is 12.3. The fourth-order valence-corrected chi connectivity index (χ4v) is 2.26. The average molecular weight is 342 g/mol. The molecule has 1 heterocycles. The second-order valence-electron chi connectivity index (χ2n) is 5.27. The van der Waals surface area contributed by atoms with E-state index in [0.717, 1.165) is 4.57 Å². The van der Waals surface area contributed by atoms with Crippen LogP contribution in [-0.4, -0.2) is 17.6 Å². The lowest BCUT2D eigenvalue weighted by Gasteiger charge is -2.06. The summed E-state index contributed by atoms with van der Waals surface area (Å²) >= 11 is 0. The number of benzene rings is 2. The minimum Gasteiger partial charge on any atom is -0.497 e. The van der Waals surface area contributed by atoms with Crippen LogP contribution in [0, 0.1) is 5.82 Å². The van der Waals surface area contributed by atoms with Gasteiger partial charge in [-0.3, -0.25) is 9.36 Å². The van der Waals surface area contributed by atoms with Crippen molar-refractivity contribution in [3.8, 4) is 17.1 Å². The minimum atomic E-state index is -0.663. The summed E-state index contributed by atoms with van der Waals surface area (Å²) in [5.74, 6) is -0.484. The molecule has 3 aromatic rings. The Morgan fingerprint density at radius 1 is 1.16 bits per heavy atom. The quantitative estimate of drug-likeness (QED) is 0.774. The maximum absolute atomic E-state index is 13.0. The third-order valence-electron chi connectivity index (χ3n) is 3.52. The summed E-state index contributed by atoms with van der Waals surface area (Å²) in [5.41, 5.74) is 1.13. The topological polar surface area (TPSA) is 73.5 Å². The standard InChI is InChI=1S/C18H15FN2O4/c1-24-15-8-6-14(7-9-15)20-17(22)11-21-10-16(25-18(21)23)12-2-4-13(19)5-3-12/h2-10H,11H2,1H3,(H,20,22). The molecule has 1 amide bonds. The van der Waals surface area contributed by atoms with Crippen LogP contribution in [-0.2, 0) is 11.3 Å². The number of amides is 1. The largest absolute Gasteiger partial charge is 0.497 e. The van der Waals surface area contributed by atoms with Gasteiger partial charge < -0.3 is 14.5 Å².